The van der Waals surface area contributed by atoms with Gasteiger partial charge >= 0.3 is 6.18 Å². The first kappa shape index (κ1) is 15.3. The summed E-state index contributed by atoms with van der Waals surface area (Å²) in [6.45, 7) is 0.714. The first-order chi connectivity index (χ1) is 8.25. The molecule has 106 valence electrons. The normalized spacial score (nSPS) is 22.7. The zero-order chi connectivity index (χ0) is 13.8. The van der Waals surface area contributed by atoms with Gasteiger partial charge in [0.1, 0.15) is 0 Å². The predicted octanol–water partition coefficient (Wildman–Crippen LogP) is 2.50. The van der Waals surface area contributed by atoms with Crippen LogP contribution in [0.2, 0.25) is 0 Å². The molecule has 0 aromatic heterocycles. The molecule has 1 aliphatic carbocycles. The molecule has 18 heavy (non-hydrogen) atoms. The van der Waals surface area contributed by atoms with Gasteiger partial charge in [-0.25, -0.2) is 0 Å². The second kappa shape index (κ2) is 5.91. The van der Waals surface area contributed by atoms with Crippen LogP contribution in [-0.4, -0.2) is 23.7 Å². The van der Waals surface area contributed by atoms with Crippen molar-refractivity contribution < 1.29 is 18.0 Å². The van der Waals surface area contributed by atoms with Crippen LogP contribution in [-0.2, 0) is 4.79 Å². The molecule has 3 nitrogen and oxygen atoms in total. The molecule has 0 bridgehead atoms. The Kier molecular flexibility index (Phi) is 5.01. The highest BCUT2D eigenvalue weighted by Gasteiger charge is 2.54. The Morgan fingerprint density at radius 3 is 2.00 bits per heavy atom. The quantitative estimate of drug-likeness (QED) is 0.806. The van der Waals surface area contributed by atoms with Crippen molar-refractivity contribution in [2.75, 3.05) is 0 Å². The minimum Gasteiger partial charge on any atom is -0.351 e. The van der Waals surface area contributed by atoms with E-state index in [1.807, 2.05) is 0 Å². The van der Waals surface area contributed by atoms with Gasteiger partial charge in [-0.05, 0) is 19.8 Å². The number of nitrogens with one attached hydrogen (secondary N) is 1. The summed E-state index contributed by atoms with van der Waals surface area (Å²) < 4.78 is 37.8. The van der Waals surface area contributed by atoms with Crippen molar-refractivity contribution in [1.29, 1.82) is 0 Å². The molecule has 6 heteroatoms. The molecule has 1 amide bonds. The number of nitrogens with two attached hydrogens (primary N) is 1. The smallest absolute Gasteiger partial charge is 0.351 e. The van der Waals surface area contributed by atoms with Crippen molar-refractivity contribution in [1.82, 2.24) is 5.32 Å². The van der Waals surface area contributed by atoms with Crippen molar-refractivity contribution in [3.05, 3.63) is 0 Å². The summed E-state index contributed by atoms with van der Waals surface area (Å²) in [6, 6.07) is -0.178. The predicted molar refractivity (Wildman–Crippen MR) is 62.9 cm³/mol. The topological polar surface area (TPSA) is 55.1 Å². The third-order valence-electron chi connectivity index (χ3n) is 3.50. The summed E-state index contributed by atoms with van der Waals surface area (Å²) in [7, 11) is 0. The average molecular weight is 266 g/mol. The van der Waals surface area contributed by atoms with Gasteiger partial charge in [-0.3, -0.25) is 4.79 Å². The molecule has 0 aromatic rings. The molecule has 0 aliphatic heterocycles. The molecule has 3 N–H and O–H groups in total. The number of alkyl halides is 3. The lowest BCUT2D eigenvalue weighted by Gasteiger charge is -2.29. The molecule has 0 saturated heterocycles. The highest BCUT2D eigenvalue weighted by Crippen LogP contribution is 2.28. The average Bonchev–Trinajstić information content (AvgIpc) is 2.19. The highest BCUT2D eigenvalue weighted by molar-refractivity contribution is 5.86. The van der Waals surface area contributed by atoms with E-state index >= 15 is 0 Å². The molecular formula is C12H21F3N2O. The second-order valence-corrected chi connectivity index (χ2v) is 5.22. The zero-order valence-corrected chi connectivity index (χ0v) is 10.6. The largest absolute Gasteiger partial charge is 0.415 e. The van der Waals surface area contributed by atoms with Gasteiger partial charge in [0.05, 0.1) is 0 Å². The molecule has 0 radical (unpaired) electrons. The van der Waals surface area contributed by atoms with E-state index in [2.05, 4.69) is 5.32 Å². The lowest BCUT2D eigenvalue weighted by Crippen LogP contribution is -2.62. The molecule has 1 rings (SSSR count). The molecule has 0 spiro atoms. The van der Waals surface area contributed by atoms with Crippen LogP contribution in [0.25, 0.3) is 0 Å². The molecule has 1 unspecified atom stereocenters. The Morgan fingerprint density at radius 1 is 1.11 bits per heavy atom. The Morgan fingerprint density at radius 2 is 1.56 bits per heavy atom. The Balaban J connectivity index is 2.57. The second-order valence-electron chi connectivity index (χ2n) is 5.22. The summed E-state index contributed by atoms with van der Waals surface area (Å²) in [5.41, 5.74) is 2.28. The molecular weight excluding hydrogens is 245 g/mol. The fourth-order valence-electron chi connectivity index (χ4n) is 2.06. The van der Waals surface area contributed by atoms with E-state index in [1.165, 1.54) is 0 Å². The van der Waals surface area contributed by atoms with E-state index in [-0.39, 0.29) is 6.04 Å². The first-order valence-electron chi connectivity index (χ1n) is 6.41. The number of hydrogen-bond acceptors (Lipinski definition) is 2. The van der Waals surface area contributed by atoms with Gasteiger partial charge in [-0.2, -0.15) is 13.2 Å². The number of rotatable bonds is 2. The monoisotopic (exact) mass is 266 g/mol. The maximum atomic E-state index is 12.6. The third kappa shape index (κ3) is 3.86. The molecule has 1 fully saturated rings. The molecule has 0 aromatic carbocycles. The molecule has 1 atom stereocenters. The van der Waals surface area contributed by atoms with Crippen LogP contribution in [0.5, 0.6) is 0 Å². The summed E-state index contributed by atoms with van der Waals surface area (Å²) in [4.78, 5) is 11.6. The van der Waals surface area contributed by atoms with Crippen LogP contribution in [0.1, 0.15) is 51.9 Å². The van der Waals surface area contributed by atoms with Crippen LogP contribution in [0, 0.1) is 0 Å². The summed E-state index contributed by atoms with van der Waals surface area (Å²) in [5.74, 6) is -1.12. The minimum atomic E-state index is -4.72. The number of hydrogen-bond donors (Lipinski definition) is 2. The lowest BCUT2D eigenvalue weighted by atomic mass is 9.95. The standard InChI is InChI=1S/C12H21F3N2O/c1-11(16,12(13,14)15)10(18)17-9-7-5-3-2-4-6-8-9/h9H,2-8,16H2,1H3,(H,17,18). The number of carbonyl (C=O) groups is 1. The molecule has 1 saturated carbocycles. The van der Waals surface area contributed by atoms with Gasteiger partial charge in [0.15, 0.2) is 5.54 Å². The van der Waals surface area contributed by atoms with Crippen LogP contribution in [0.4, 0.5) is 13.2 Å². The number of halogens is 3. The van der Waals surface area contributed by atoms with Gasteiger partial charge in [-0.15, -0.1) is 0 Å². The molecule has 0 heterocycles. The van der Waals surface area contributed by atoms with Gasteiger partial charge in [-0.1, -0.05) is 32.1 Å². The van der Waals surface area contributed by atoms with E-state index < -0.39 is 17.6 Å². The Bertz CT molecular complexity index is 282. The van der Waals surface area contributed by atoms with Gasteiger partial charge < -0.3 is 11.1 Å². The van der Waals surface area contributed by atoms with E-state index in [9.17, 15) is 18.0 Å². The Labute approximate surface area is 105 Å². The van der Waals surface area contributed by atoms with Crippen molar-refractivity contribution in [3.8, 4) is 0 Å². The number of carbonyl (C=O) groups excluding carboxylic acids is 1. The van der Waals surface area contributed by atoms with E-state index in [0.717, 1.165) is 44.9 Å². The first-order valence-corrected chi connectivity index (χ1v) is 6.41. The third-order valence-corrected chi connectivity index (χ3v) is 3.50. The fraction of sp³-hybridized carbons (Fsp3) is 0.917. The van der Waals surface area contributed by atoms with E-state index in [4.69, 9.17) is 5.73 Å². The van der Waals surface area contributed by atoms with Crippen LogP contribution in [0.3, 0.4) is 0 Å². The molecule has 1 aliphatic rings. The lowest BCUT2D eigenvalue weighted by molar-refractivity contribution is -0.187. The SMILES string of the molecule is CC(N)(C(=O)NC1CCCCCCC1)C(F)(F)F. The van der Waals surface area contributed by atoms with Gasteiger partial charge in [0, 0.05) is 6.04 Å². The maximum Gasteiger partial charge on any atom is 0.415 e. The van der Waals surface area contributed by atoms with E-state index in [0.29, 0.717) is 6.92 Å². The number of amides is 1. The highest BCUT2D eigenvalue weighted by atomic mass is 19.4. The van der Waals surface area contributed by atoms with Crippen molar-refractivity contribution in [2.24, 2.45) is 5.73 Å². The van der Waals surface area contributed by atoms with Gasteiger partial charge in [0.2, 0.25) is 5.91 Å². The van der Waals surface area contributed by atoms with Crippen molar-refractivity contribution >= 4 is 5.91 Å². The summed E-state index contributed by atoms with van der Waals surface area (Å²) >= 11 is 0. The summed E-state index contributed by atoms with van der Waals surface area (Å²) in [6.07, 6.45) is 1.95. The van der Waals surface area contributed by atoms with E-state index in [1.54, 1.807) is 0 Å². The maximum absolute atomic E-state index is 12.6. The zero-order valence-electron chi connectivity index (χ0n) is 10.6. The van der Waals surface area contributed by atoms with Gasteiger partial charge in [0.25, 0.3) is 0 Å². The van der Waals surface area contributed by atoms with Crippen LogP contribution >= 0.6 is 0 Å². The van der Waals surface area contributed by atoms with Crippen LogP contribution < -0.4 is 11.1 Å². The van der Waals surface area contributed by atoms with Crippen molar-refractivity contribution in [3.63, 3.8) is 0 Å². The van der Waals surface area contributed by atoms with Crippen molar-refractivity contribution in [2.45, 2.75) is 69.6 Å². The minimum absolute atomic E-state index is 0.178. The fourth-order valence-corrected chi connectivity index (χ4v) is 2.06. The Hall–Kier alpha value is -0.780. The van der Waals surface area contributed by atoms with Crippen LogP contribution in [0.15, 0.2) is 0 Å². The summed E-state index contributed by atoms with van der Waals surface area (Å²) in [5, 5.41) is 2.45.